The minimum atomic E-state index is -0.0628. The van der Waals surface area contributed by atoms with Crippen LogP contribution in [0.2, 0.25) is 0 Å². The van der Waals surface area contributed by atoms with Crippen molar-refractivity contribution in [3.05, 3.63) is 0 Å². The third-order valence-electron chi connectivity index (χ3n) is 2.95. The maximum Gasteiger partial charge on any atom is 0.220 e. The highest BCUT2D eigenvalue weighted by Crippen LogP contribution is 2.52. The fourth-order valence-electron chi connectivity index (χ4n) is 2.26. The number of nitrogens with two attached hydrogens (primary N) is 1. The zero-order valence-corrected chi connectivity index (χ0v) is 6.05. The molecule has 1 amide bonds. The van der Waals surface area contributed by atoms with E-state index in [2.05, 4.69) is 0 Å². The van der Waals surface area contributed by atoms with Crippen molar-refractivity contribution in [2.75, 3.05) is 0 Å². The van der Waals surface area contributed by atoms with E-state index >= 15 is 0 Å². The van der Waals surface area contributed by atoms with E-state index < -0.39 is 0 Å². The molecule has 3 unspecified atom stereocenters. The van der Waals surface area contributed by atoms with E-state index in [4.69, 9.17) is 5.73 Å². The predicted molar refractivity (Wildman–Crippen MR) is 38.1 cm³/mol. The highest BCUT2D eigenvalue weighted by Gasteiger charge is 2.47. The second-order valence-electron chi connectivity index (χ2n) is 3.60. The molecule has 0 aromatic rings. The Labute approximate surface area is 60.8 Å². The van der Waals surface area contributed by atoms with Crippen molar-refractivity contribution in [2.45, 2.75) is 25.7 Å². The molecule has 0 aliphatic heterocycles. The van der Waals surface area contributed by atoms with Gasteiger partial charge in [-0.15, -0.1) is 0 Å². The summed E-state index contributed by atoms with van der Waals surface area (Å²) in [5.41, 5.74) is 5.25. The van der Waals surface area contributed by atoms with Gasteiger partial charge in [0.15, 0.2) is 0 Å². The Balaban J connectivity index is 2.02. The van der Waals surface area contributed by atoms with Crippen molar-refractivity contribution in [2.24, 2.45) is 23.5 Å². The van der Waals surface area contributed by atoms with Crippen LogP contribution in [-0.2, 0) is 4.79 Å². The molecular formula is C8H13NO. The quantitative estimate of drug-likeness (QED) is 0.576. The summed E-state index contributed by atoms with van der Waals surface area (Å²) in [6, 6.07) is 0. The van der Waals surface area contributed by atoms with Crippen LogP contribution in [0.5, 0.6) is 0 Å². The number of primary amides is 1. The van der Waals surface area contributed by atoms with Gasteiger partial charge in [-0.3, -0.25) is 4.79 Å². The fraction of sp³-hybridized carbons (Fsp3) is 0.875. The summed E-state index contributed by atoms with van der Waals surface area (Å²) in [6.07, 6.45) is 4.88. The smallest absolute Gasteiger partial charge is 0.220 e. The van der Waals surface area contributed by atoms with Crippen LogP contribution in [0.15, 0.2) is 0 Å². The molecule has 2 aliphatic rings. The van der Waals surface area contributed by atoms with Gasteiger partial charge >= 0.3 is 0 Å². The number of hydrogen-bond donors (Lipinski definition) is 1. The van der Waals surface area contributed by atoms with Crippen LogP contribution in [0.25, 0.3) is 0 Å². The molecule has 0 aromatic carbocycles. The monoisotopic (exact) mass is 139 g/mol. The lowest BCUT2D eigenvalue weighted by atomic mass is 9.89. The number of fused-ring (bicyclic) bond motifs is 1. The fourth-order valence-corrected chi connectivity index (χ4v) is 2.26. The molecule has 2 nitrogen and oxygen atoms in total. The Bertz CT molecular complexity index is 167. The first-order valence-electron chi connectivity index (χ1n) is 4.08. The first-order chi connectivity index (χ1) is 4.79. The van der Waals surface area contributed by atoms with Gasteiger partial charge in [0.2, 0.25) is 5.91 Å². The lowest BCUT2D eigenvalue weighted by Gasteiger charge is -2.17. The average molecular weight is 139 g/mol. The lowest BCUT2D eigenvalue weighted by Crippen LogP contribution is -2.27. The summed E-state index contributed by atoms with van der Waals surface area (Å²) in [5.74, 6) is 1.73. The molecule has 2 heteroatoms. The average Bonchev–Trinajstić information content (AvgIpc) is 2.63. The van der Waals surface area contributed by atoms with Crippen LogP contribution >= 0.6 is 0 Å². The molecule has 2 rings (SSSR count). The molecule has 56 valence electrons. The SMILES string of the molecule is NC(=O)C1CCCC2CC21. The Hall–Kier alpha value is -0.530. The van der Waals surface area contributed by atoms with Crippen LogP contribution in [-0.4, -0.2) is 5.91 Å². The summed E-state index contributed by atoms with van der Waals surface area (Å²) in [5, 5.41) is 0. The van der Waals surface area contributed by atoms with Crippen molar-refractivity contribution >= 4 is 5.91 Å². The first-order valence-corrected chi connectivity index (χ1v) is 4.08. The minimum Gasteiger partial charge on any atom is -0.369 e. The van der Waals surface area contributed by atoms with E-state index in [1.807, 2.05) is 0 Å². The molecule has 2 saturated carbocycles. The molecule has 10 heavy (non-hydrogen) atoms. The molecule has 0 spiro atoms. The van der Waals surface area contributed by atoms with Gasteiger partial charge in [0.1, 0.15) is 0 Å². The highest BCUT2D eigenvalue weighted by atomic mass is 16.1. The third-order valence-corrected chi connectivity index (χ3v) is 2.95. The summed E-state index contributed by atoms with van der Waals surface area (Å²) < 4.78 is 0. The number of carbonyl (C=O) groups is 1. The van der Waals surface area contributed by atoms with Crippen molar-refractivity contribution < 1.29 is 4.79 Å². The van der Waals surface area contributed by atoms with Crippen LogP contribution < -0.4 is 5.73 Å². The van der Waals surface area contributed by atoms with Crippen LogP contribution in [0.1, 0.15) is 25.7 Å². The van der Waals surface area contributed by atoms with Gasteiger partial charge in [-0.1, -0.05) is 12.8 Å². The third kappa shape index (κ3) is 0.825. The van der Waals surface area contributed by atoms with E-state index in [9.17, 15) is 4.79 Å². The minimum absolute atomic E-state index is 0.0628. The molecule has 0 bridgehead atoms. The second-order valence-corrected chi connectivity index (χ2v) is 3.60. The molecule has 0 heterocycles. The number of hydrogen-bond acceptors (Lipinski definition) is 1. The maximum atomic E-state index is 10.8. The summed E-state index contributed by atoms with van der Waals surface area (Å²) >= 11 is 0. The summed E-state index contributed by atoms with van der Waals surface area (Å²) in [6.45, 7) is 0. The maximum absolute atomic E-state index is 10.8. The Morgan fingerprint density at radius 2 is 2.20 bits per heavy atom. The van der Waals surface area contributed by atoms with E-state index in [0.29, 0.717) is 5.92 Å². The number of carbonyl (C=O) groups excluding carboxylic acids is 1. The molecule has 3 atom stereocenters. The van der Waals surface area contributed by atoms with Crippen LogP contribution in [0.4, 0.5) is 0 Å². The highest BCUT2D eigenvalue weighted by molar-refractivity contribution is 5.77. The second kappa shape index (κ2) is 1.97. The van der Waals surface area contributed by atoms with Crippen LogP contribution in [0, 0.1) is 17.8 Å². The zero-order chi connectivity index (χ0) is 7.14. The van der Waals surface area contributed by atoms with Gasteiger partial charge < -0.3 is 5.73 Å². The summed E-state index contributed by atoms with van der Waals surface area (Å²) in [7, 11) is 0. The first kappa shape index (κ1) is 6.20. The number of amides is 1. The van der Waals surface area contributed by atoms with Gasteiger partial charge in [-0.2, -0.15) is 0 Å². The zero-order valence-electron chi connectivity index (χ0n) is 6.05. The van der Waals surface area contributed by atoms with Gasteiger partial charge in [-0.25, -0.2) is 0 Å². The lowest BCUT2D eigenvalue weighted by molar-refractivity contribution is -0.123. The van der Waals surface area contributed by atoms with E-state index in [1.165, 1.54) is 19.3 Å². The topological polar surface area (TPSA) is 43.1 Å². The van der Waals surface area contributed by atoms with E-state index in [0.717, 1.165) is 12.3 Å². The molecular weight excluding hydrogens is 126 g/mol. The van der Waals surface area contributed by atoms with Crippen LogP contribution in [0.3, 0.4) is 0 Å². The molecule has 2 N–H and O–H groups in total. The Kier molecular flexibility index (Phi) is 1.22. The molecule has 0 aromatic heterocycles. The molecule has 0 radical (unpaired) electrons. The Morgan fingerprint density at radius 1 is 1.40 bits per heavy atom. The van der Waals surface area contributed by atoms with Gasteiger partial charge in [0.25, 0.3) is 0 Å². The van der Waals surface area contributed by atoms with Crippen molar-refractivity contribution in [3.63, 3.8) is 0 Å². The van der Waals surface area contributed by atoms with Crippen molar-refractivity contribution in [3.8, 4) is 0 Å². The van der Waals surface area contributed by atoms with Crippen molar-refractivity contribution in [1.29, 1.82) is 0 Å². The molecule has 2 fully saturated rings. The molecule has 0 saturated heterocycles. The van der Waals surface area contributed by atoms with E-state index in [-0.39, 0.29) is 11.8 Å². The van der Waals surface area contributed by atoms with Gasteiger partial charge in [-0.05, 0) is 24.7 Å². The standard InChI is InChI=1S/C8H13NO/c9-8(10)6-3-1-2-5-4-7(5)6/h5-7H,1-4H2,(H2,9,10). The summed E-state index contributed by atoms with van der Waals surface area (Å²) in [4.78, 5) is 10.8. The van der Waals surface area contributed by atoms with Crippen molar-refractivity contribution in [1.82, 2.24) is 0 Å². The van der Waals surface area contributed by atoms with E-state index in [1.54, 1.807) is 0 Å². The van der Waals surface area contributed by atoms with Gasteiger partial charge in [0.05, 0.1) is 0 Å². The number of rotatable bonds is 1. The van der Waals surface area contributed by atoms with Gasteiger partial charge in [0, 0.05) is 5.92 Å². The normalized spacial score (nSPS) is 44.2. The Morgan fingerprint density at radius 3 is 2.80 bits per heavy atom. The predicted octanol–water partition coefficient (Wildman–Crippen LogP) is 0.908. The molecule has 2 aliphatic carbocycles. The largest absolute Gasteiger partial charge is 0.369 e.